The SMILES string of the molecule is CCOC(=O)NC(=O)COC(=O)COc1cc(C)cc(C)c1. The molecule has 0 heterocycles. The summed E-state index contributed by atoms with van der Waals surface area (Å²) in [5.41, 5.74) is 2.02. The zero-order valence-corrected chi connectivity index (χ0v) is 12.8. The molecule has 0 spiro atoms. The van der Waals surface area contributed by atoms with Gasteiger partial charge in [0.2, 0.25) is 0 Å². The van der Waals surface area contributed by atoms with Gasteiger partial charge >= 0.3 is 12.1 Å². The summed E-state index contributed by atoms with van der Waals surface area (Å²) in [5, 5.41) is 1.91. The number of alkyl carbamates (subject to hydrolysis) is 1. The molecule has 0 bridgehead atoms. The quantitative estimate of drug-likeness (QED) is 0.801. The number of rotatable bonds is 6. The van der Waals surface area contributed by atoms with Gasteiger partial charge in [0.1, 0.15) is 5.75 Å². The third-order valence-electron chi connectivity index (χ3n) is 2.43. The summed E-state index contributed by atoms with van der Waals surface area (Å²) in [5.74, 6) is -0.929. The summed E-state index contributed by atoms with van der Waals surface area (Å²) < 4.78 is 14.5. The van der Waals surface area contributed by atoms with Gasteiger partial charge in [-0.25, -0.2) is 9.59 Å². The number of carbonyl (C=O) groups excluding carboxylic acids is 3. The standard InChI is InChI=1S/C15H19NO6/c1-4-20-15(19)16-13(17)8-22-14(18)9-21-12-6-10(2)5-11(3)7-12/h5-7H,4,8-9H2,1-3H3,(H,16,17,19). The van der Waals surface area contributed by atoms with Crippen LogP contribution in [0.15, 0.2) is 18.2 Å². The first-order valence-electron chi connectivity index (χ1n) is 6.74. The van der Waals surface area contributed by atoms with E-state index in [9.17, 15) is 14.4 Å². The fourth-order valence-electron chi connectivity index (χ4n) is 1.66. The fraction of sp³-hybridized carbons (Fsp3) is 0.400. The van der Waals surface area contributed by atoms with Crippen LogP contribution in [0, 0.1) is 13.8 Å². The summed E-state index contributed by atoms with van der Waals surface area (Å²) >= 11 is 0. The van der Waals surface area contributed by atoms with Gasteiger partial charge in [0.25, 0.3) is 5.91 Å². The van der Waals surface area contributed by atoms with Gasteiger partial charge in [-0.05, 0) is 44.0 Å². The van der Waals surface area contributed by atoms with Crippen LogP contribution >= 0.6 is 0 Å². The average molecular weight is 309 g/mol. The van der Waals surface area contributed by atoms with Gasteiger partial charge in [0, 0.05) is 0 Å². The van der Waals surface area contributed by atoms with Crippen molar-refractivity contribution in [3.63, 3.8) is 0 Å². The van der Waals surface area contributed by atoms with E-state index < -0.39 is 24.6 Å². The monoisotopic (exact) mass is 309 g/mol. The minimum atomic E-state index is -0.880. The second-order valence-corrected chi connectivity index (χ2v) is 4.54. The molecule has 2 amide bonds. The van der Waals surface area contributed by atoms with Crippen molar-refractivity contribution in [2.24, 2.45) is 0 Å². The molecule has 0 atom stereocenters. The Hall–Kier alpha value is -2.57. The number of nitrogens with one attached hydrogen (secondary N) is 1. The number of imide groups is 1. The Morgan fingerprint density at radius 2 is 1.64 bits per heavy atom. The topological polar surface area (TPSA) is 90.9 Å². The zero-order chi connectivity index (χ0) is 16.5. The Morgan fingerprint density at radius 3 is 2.23 bits per heavy atom. The maximum atomic E-state index is 11.5. The molecule has 0 aliphatic carbocycles. The van der Waals surface area contributed by atoms with E-state index in [1.54, 1.807) is 19.1 Å². The number of hydrogen-bond donors (Lipinski definition) is 1. The Morgan fingerprint density at radius 1 is 1.00 bits per heavy atom. The van der Waals surface area contributed by atoms with E-state index in [1.807, 2.05) is 25.2 Å². The van der Waals surface area contributed by atoms with E-state index in [0.29, 0.717) is 5.75 Å². The van der Waals surface area contributed by atoms with Crippen LogP contribution in [0.3, 0.4) is 0 Å². The molecule has 7 heteroatoms. The number of carbonyl (C=O) groups is 3. The summed E-state index contributed by atoms with van der Waals surface area (Å²) in [6.07, 6.45) is -0.880. The molecule has 0 radical (unpaired) electrons. The van der Waals surface area contributed by atoms with Gasteiger partial charge in [-0.15, -0.1) is 0 Å². The molecule has 22 heavy (non-hydrogen) atoms. The number of benzene rings is 1. The number of aryl methyl sites for hydroxylation is 2. The van der Waals surface area contributed by atoms with E-state index in [4.69, 9.17) is 4.74 Å². The third kappa shape index (κ3) is 6.74. The third-order valence-corrected chi connectivity index (χ3v) is 2.43. The molecule has 0 saturated carbocycles. The Labute approximate surface area is 128 Å². The molecule has 0 aromatic heterocycles. The first-order valence-corrected chi connectivity index (χ1v) is 6.74. The predicted octanol–water partition coefficient (Wildman–Crippen LogP) is 1.50. The number of ether oxygens (including phenoxy) is 3. The van der Waals surface area contributed by atoms with Gasteiger partial charge in [-0.3, -0.25) is 10.1 Å². The van der Waals surface area contributed by atoms with Crippen LogP contribution in [0.2, 0.25) is 0 Å². The van der Waals surface area contributed by atoms with Gasteiger partial charge in [-0.2, -0.15) is 0 Å². The number of hydrogen-bond acceptors (Lipinski definition) is 6. The lowest BCUT2D eigenvalue weighted by molar-refractivity contribution is -0.150. The van der Waals surface area contributed by atoms with E-state index in [1.165, 1.54) is 0 Å². The van der Waals surface area contributed by atoms with Crippen molar-refractivity contribution in [2.45, 2.75) is 20.8 Å². The highest BCUT2D eigenvalue weighted by atomic mass is 16.6. The molecule has 1 N–H and O–H groups in total. The molecule has 0 fully saturated rings. The van der Waals surface area contributed by atoms with Crippen molar-refractivity contribution in [3.8, 4) is 5.75 Å². The molecule has 1 rings (SSSR count). The van der Waals surface area contributed by atoms with Crippen LogP contribution in [0.5, 0.6) is 5.75 Å². The highest BCUT2D eigenvalue weighted by Crippen LogP contribution is 2.15. The van der Waals surface area contributed by atoms with Crippen molar-refractivity contribution in [1.29, 1.82) is 0 Å². The van der Waals surface area contributed by atoms with Crippen LogP contribution in [0.4, 0.5) is 4.79 Å². The summed E-state index contributed by atoms with van der Waals surface area (Å²) in [6.45, 7) is 4.68. The lowest BCUT2D eigenvalue weighted by Crippen LogP contribution is -2.35. The van der Waals surface area contributed by atoms with Crippen LogP contribution in [-0.2, 0) is 19.1 Å². The maximum Gasteiger partial charge on any atom is 0.413 e. The molecule has 7 nitrogen and oxygen atoms in total. The molecule has 1 aromatic carbocycles. The molecular formula is C15H19NO6. The second-order valence-electron chi connectivity index (χ2n) is 4.54. The van der Waals surface area contributed by atoms with Crippen LogP contribution in [-0.4, -0.2) is 37.8 Å². The van der Waals surface area contributed by atoms with E-state index in [-0.39, 0.29) is 13.2 Å². The lowest BCUT2D eigenvalue weighted by atomic mass is 10.1. The van der Waals surface area contributed by atoms with Crippen LogP contribution in [0.25, 0.3) is 0 Å². The normalized spacial score (nSPS) is 9.77. The zero-order valence-electron chi connectivity index (χ0n) is 12.8. The van der Waals surface area contributed by atoms with Crippen molar-refractivity contribution in [1.82, 2.24) is 5.32 Å². The Bertz CT molecular complexity index is 535. The van der Waals surface area contributed by atoms with E-state index in [2.05, 4.69) is 9.47 Å². The fourth-order valence-corrected chi connectivity index (χ4v) is 1.66. The Balaban J connectivity index is 2.31. The number of amides is 2. The van der Waals surface area contributed by atoms with Gasteiger partial charge in [-0.1, -0.05) is 6.07 Å². The largest absolute Gasteiger partial charge is 0.482 e. The predicted molar refractivity (Wildman–Crippen MR) is 77.5 cm³/mol. The van der Waals surface area contributed by atoms with E-state index >= 15 is 0 Å². The number of esters is 1. The molecule has 0 saturated heterocycles. The molecule has 0 aliphatic heterocycles. The van der Waals surface area contributed by atoms with Crippen LogP contribution < -0.4 is 10.1 Å². The van der Waals surface area contributed by atoms with Gasteiger partial charge in [0.15, 0.2) is 13.2 Å². The minimum Gasteiger partial charge on any atom is -0.482 e. The summed E-state index contributed by atoms with van der Waals surface area (Å²) in [6, 6.07) is 5.55. The van der Waals surface area contributed by atoms with Gasteiger partial charge < -0.3 is 14.2 Å². The first kappa shape index (κ1) is 17.5. The van der Waals surface area contributed by atoms with E-state index in [0.717, 1.165) is 11.1 Å². The molecule has 0 unspecified atom stereocenters. The molecule has 1 aromatic rings. The van der Waals surface area contributed by atoms with Crippen molar-refractivity contribution < 1.29 is 28.6 Å². The van der Waals surface area contributed by atoms with Gasteiger partial charge in [0.05, 0.1) is 6.61 Å². The molecule has 120 valence electrons. The highest BCUT2D eigenvalue weighted by molar-refractivity contribution is 5.93. The molecule has 0 aliphatic rings. The van der Waals surface area contributed by atoms with Crippen molar-refractivity contribution in [2.75, 3.05) is 19.8 Å². The summed E-state index contributed by atoms with van der Waals surface area (Å²) in [4.78, 5) is 33.7. The smallest absolute Gasteiger partial charge is 0.413 e. The minimum absolute atomic E-state index is 0.142. The second kappa shape index (κ2) is 8.66. The lowest BCUT2D eigenvalue weighted by Gasteiger charge is -2.08. The highest BCUT2D eigenvalue weighted by Gasteiger charge is 2.12. The first-order chi connectivity index (χ1) is 10.4. The summed E-state index contributed by atoms with van der Waals surface area (Å²) in [7, 11) is 0. The Kier molecular flexibility index (Phi) is 6.88. The average Bonchev–Trinajstić information content (AvgIpc) is 2.42. The van der Waals surface area contributed by atoms with Crippen molar-refractivity contribution >= 4 is 18.0 Å². The molecular weight excluding hydrogens is 290 g/mol. The van der Waals surface area contributed by atoms with Crippen molar-refractivity contribution in [3.05, 3.63) is 29.3 Å². The maximum absolute atomic E-state index is 11.5. The van der Waals surface area contributed by atoms with Crippen LogP contribution in [0.1, 0.15) is 18.1 Å².